The molecule has 2 aromatic rings. The average molecular weight is 748 g/mol. The number of amides is 3. The highest BCUT2D eigenvalue weighted by Gasteiger charge is 2.47. The number of carboxylic acids is 1. The van der Waals surface area contributed by atoms with Crippen molar-refractivity contribution in [1.82, 2.24) is 35.7 Å². The summed E-state index contributed by atoms with van der Waals surface area (Å²) >= 11 is 0. The molecular weight excluding hydrogens is 699 g/mol. The maximum atomic E-state index is 14.2. The van der Waals surface area contributed by atoms with E-state index in [1.807, 2.05) is 18.2 Å². The molecular formula is C36H48F3N7O7. The number of carboxylic acid groups (broad SMARTS) is 1. The van der Waals surface area contributed by atoms with Crippen molar-refractivity contribution >= 4 is 23.9 Å². The number of fused-ring (bicyclic) bond motifs is 1. The van der Waals surface area contributed by atoms with Crippen LogP contribution in [-0.4, -0.2) is 96.3 Å². The Hall–Kier alpha value is -4.54. The van der Waals surface area contributed by atoms with Crippen LogP contribution in [-0.2, 0) is 23.9 Å². The third-order valence-electron chi connectivity index (χ3n) is 10.0. The third-order valence-corrected chi connectivity index (χ3v) is 10.0. The second-order valence-electron chi connectivity index (χ2n) is 15.0. The van der Waals surface area contributed by atoms with Gasteiger partial charge in [-0.3, -0.25) is 14.3 Å². The lowest BCUT2D eigenvalue weighted by Gasteiger charge is -2.32. The fraction of sp³-hybridized carbons (Fsp3) is 0.639. The Balaban J connectivity index is 1.38. The predicted molar refractivity (Wildman–Crippen MR) is 184 cm³/mol. The van der Waals surface area contributed by atoms with Gasteiger partial charge in [-0.2, -0.15) is 4.80 Å². The van der Waals surface area contributed by atoms with Gasteiger partial charge in [0.05, 0.1) is 12.1 Å². The van der Waals surface area contributed by atoms with Crippen molar-refractivity contribution in [3.63, 3.8) is 0 Å². The lowest BCUT2D eigenvalue weighted by Crippen LogP contribution is -2.59. The smallest absolute Gasteiger partial charge is 0.479 e. The number of carbonyl (C=O) groups excluding carboxylic acids is 3. The highest BCUT2D eigenvalue weighted by molar-refractivity contribution is 5.95. The summed E-state index contributed by atoms with van der Waals surface area (Å²) in [5.41, 5.74) is -0.939. The van der Waals surface area contributed by atoms with Gasteiger partial charge in [-0.1, -0.05) is 43.7 Å². The van der Waals surface area contributed by atoms with Crippen molar-refractivity contribution in [1.29, 1.82) is 0 Å². The molecule has 2 fully saturated rings. The van der Waals surface area contributed by atoms with E-state index in [1.165, 1.54) is 15.8 Å². The van der Waals surface area contributed by atoms with E-state index in [4.69, 9.17) is 4.74 Å². The maximum Gasteiger partial charge on any atom is 0.522 e. The number of ether oxygens (including phenoxy) is 2. The summed E-state index contributed by atoms with van der Waals surface area (Å²) in [7, 11) is 0. The molecule has 290 valence electrons. The quantitative estimate of drug-likeness (QED) is 0.310. The molecule has 0 spiro atoms. The topological polar surface area (TPSA) is 178 Å². The van der Waals surface area contributed by atoms with Gasteiger partial charge >= 0.3 is 18.4 Å². The van der Waals surface area contributed by atoms with E-state index < -0.39 is 65.6 Å². The fourth-order valence-electron chi connectivity index (χ4n) is 7.23. The number of aliphatic carboxylic acids is 1. The SMILES string of the molecule is CC[C@]1(C(=O)O)/C=C\CCCC[C@H](NC(=O)OC(C)(C)C)C(=O)N2C[C@H](n3nnc(-c4cccc(C5CCC(OC(F)(F)F)CC5)c4)n3)C[C@H]2C(=O)N1. The van der Waals surface area contributed by atoms with E-state index in [0.717, 1.165) is 5.56 Å². The summed E-state index contributed by atoms with van der Waals surface area (Å²) in [6.45, 7) is 6.75. The van der Waals surface area contributed by atoms with Gasteiger partial charge in [0.2, 0.25) is 17.6 Å². The van der Waals surface area contributed by atoms with Gasteiger partial charge in [0, 0.05) is 18.5 Å². The lowest BCUT2D eigenvalue weighted by atomic mass is 9.82. The van der Waals surface area contributed by atoms with Crippen molar-refractivity contribution in [3.05, 3.63) is 42.0 Å². The zero-order valence-electron chi connectivity index (χ0n) is 30.4. The van der Waals surface area contributed by atoms with Crippen LogP contribution in [0.5, 0.6) is 0 Å². The number of benzene rings is 1. The van der Waals surface area contributed by atoms with Crippen molar-refractivity contribution < 1.29 is 46.9 Å². The van der Waals surface area contributed by atoms with E-state index in [1.54, 1.807) is 39.8 Å². The molecule has 3 amide bonds. The number of alkyl halides is 3. The molecule has 0 unspecified atom stereocenters. The van der Waals surface area contributed by atoms with Crippen LogP contribution in [0.3, 0.4) is 0 Å². The first-order valence-corrected chi connectivity index (χ1v) is 18.1. The molecule has 3 aliphatic rings. The highest BCUT2D eigenvalue weighted by Crippen LogP contribution is 2.37. The third kappa shape index (κ3) is 10.1. The molecule has 1 aromatic carbocycles. The first kappa shape index (κ1) is 39.7. The van der Waals surface area contributed by atoms with Crippen LogP contribution >= 0.6 is 0 Å². The number of halogens is 3. The Morgan fingerprint density at radius 2 is 1.83 bits per heavy atom. The second kappa shape index (κ2) is 16.2. The monoisotopic (exact) mass is 747 g/mol. The zero-order chi connectivity index (χ0) is 38.6. The molecule has 17 heteroatoms. The zero-order valence-corrected chi connectivity index (χ0v) is 30.4. The van der Waals surface area contributed by atoms with Crippen LogP contribution in [0.4, 0.5) is 18.0 Å². The minimum atomic E-state index is -4.66. The lowest BCUT2D eigenvalue weighted by molar-refractivity contribution is -0.345. The molecule has 0 radical (unpaired) electrons. The standard InChI is InChI=1S/C36H48F3N7O7/c1-5-35(32(49)50)18-9-7-6-8-13-27(40-33(51)53-34(2,3)4)31(48)45-21-25(20-28(45)30(47)41-35)46-43-29(42-44-46)24-12-10-11-23(19-24)22-14-16-26(17-15-22)52-36(37,38)39/h9-12,18-19,22,25-28H,5-8,13-17,20-21H2,1-4H3,(H,40,51)(H,41,47)(H,49,50)/b18-9-/t22?,25-,26?,27+,28+,35-/m1/s1. The van der Waals surface area contributed by atoms with Crippen LogP contribution in [0.2, 0.25) is 0 Å². The van der Waals surface area contributed by atoms with Gasteiger partial charge in [-0.05, 0) is 94.9 Å². The van der Waals surface area contributed by atoms with E-state index in [0.29, 0.717) is 37.7 Å². The van der Waals surface area contributed by atoms with Crippen LogP contribution in [0.1, 0.15) is 109 Å². The summed E-state index contributed by atoms with van der Waals surface area (Å²) in [6.07, 6.45) is 0.533. The highest BCUT2D eigenvalue weighted by atomic mass is 19.4. The summed E-state index contributed by atoms with van der Waals surface area (Å²) in [5, 5.41) is 28.7. The van der Waals surface area contributed by atoms with Crippen molar-refractivity contribution in [2.75, 3.05) is 6.54 Å². The first-order valence-electron chi connectivity index (χ1n) is 18.1. The van der Waals surface area contributed by atoms with E-state index >= 15 is 0 Å². The molecule has 1 aliphatic carbocycles. The molecule has 0 bridgehead atoms. The average Bonchev–Trinajstić information content (AvgIpc) is 3.75. The molecule has 2 aliphatic heterocycles. The normalized spacial score (nSPS) is 28.1. The van der Waals surface area contributed by atoms with Crippen LogP contribution in [0.25, 0.3) is 11.4 Å². The molecule has 3 N–H and O–H groups in total. The number of carbonyl (C=O) groups is 4. The molecule has 3 heterocycles. The summed E-state index contributed by atoms with van der Waals surface area (Å²) in [4.78, 5) is 56.2. The van der Waals surface area contributed by atoms with Crippen molar-refractivity contribution in [2.45, 2.75) is 140 Å². The van der Waals surface area contributed by atoms with Gasteiger partial charge in [0.15, 0.2) is 5.54 Å². The fourth-order valence-corrected chi connectivity index (χ4v) is 7.23. The molecule has 5 rings (SSSR count). The number of hydrogen-bond donors (Lipinski definition) is 3. The summed E-state index contributed by atoms with van der Waals surface area (Å²) in [6, 6.07) is 4.65. The molecule has 53 heavy (non-hydrogen) atoms. The molecule has 1 saturated heterocycles. The summed E-state index contributed by atoms with van der Waals surface area (Å²) in [5.74, 6) is -2.12. The largest absolute Gasteiger partial charge is 0.522 e. The molecule has 1 saturated carbocycles. The van der Waals surface area contributed by atoms with Gasteiger partial charge in [0.1, 0.15) is 17.7 Å². The van der Waals surface area contributed by atoms with Gasteiger partial charge < -0.3 is 25.4 Å². The van der Waals surface area contributed by atoms with Crippen molar-refractivity contribution in [2.24, 2.45) is 0 Å². The Kier molecular flexibility index (Phi) is 12.1. The van der Waals surface area contributed by atoms with E-state index in [-0.39, 0.29) is 50.4 Å². The number of aromatic nitrogens is 4. The molecule has 4 atom stereocenters. The summed E-state index contributed by atoms with van der Waals surface area (Å²) < 4.78 is 47.8. The first-order chi connectivity index (χ1) is 25.0. The number of alkyl carbamates (subject to hydrolysis) is 1. The van der Waals surface area contributed by atoms with Gasteiger partial charge in [-0.15, -0.1) is 23.4 Å². The predicted octanol–water partition coefficient (Wildman–Crippen LogP) is 5.42. The van der Waals surface area contributed by atoms with E-state index in [9.17, 15) is 37.5 Å². The Labute approximate surface area is 305 Å². The Morgan fingerprint density at radius 1 is 1.09 bits per heavy atom. The maximum absolute atomic E-state index is 14.2. The van der Waals surface area contributed by atoms with Crippen LogP contribution in [0, 0.1) is 0 Å². The Bertz CT molecular complexity index is 1670. The number of nitrogens with zero attached hydrogens (tertiary/aromatic N) is 5. The number of rotatable bonds is 7. The molecule has 14 nitrogen and oxygen atoms in total. The number of tetrazole rings is 1. The minimum Gasteiger partial charge on any atom is -0.479 e. The number of hydrogen-bond acceptors (Lipinski definition) is 9. The van der Waals surface area contributed by atoms with Crippen LogP contribution < -0.4 is 10.6 Å². The van der Waals surface area contributed by atoms with Gasteiger partial charge in [-0.25, -0.2) is 9.59 Å². The van der Waals surface area contributed by atoms with Gasteiger partial charge in [0.25, 0.3) is 0 Å². The number of nitrogens with one attached hydrogen (secondary N) is 2. The van der Waals surface area contributed by atoms with Crippen LogP contribution in [0.15, 0.2) is 36.4 Å². The number of allylic oxidation sites excluding steroid dienone is 1. The Morgan fingerprint density at radius 3 is 2.49 bits per heavy atom. The van der Waals surface area contributed by atoms with Crippen molar-refractivity contribution in [3.8, 4) is 11.4 Å². The molecule has 1 aromatic heterocycles. The van der Waals surface area contributed by atoms with E-state index in [2.05, 4.69) is 30.8 Å². The minimum absolute atomic E-state index is 0.0233. The second-order valence-corrected chi connectivity index (χ2v) is 15.0.